The van der Waals surface area contributed by atoms with Crippen molar-refractivity contribution in [2.45, 2.75) is 18.7 Å². The molecule has 0 aromatic heterocycles. The molecule has 0 spiro atoms. The highest BCUT2D eigenvalue weighted by molar-refractivity contribution is 5.94. The number of amides is 1. The lowest BCUT2D eigenvalue weighted by Gasteiger charge is -2.33. The Labute approximate surface area is 120 Å². The molecule has 1 aromatic rings. The Kier molecular flexibility index (Phi) is 4.84. The Balaban J connectivity index is 2.05. The summed E-state index contributed by atoms with van der Waals surface area (Å²) in [4.78, 5) is 13.4. The number of alkyl halides is 3. The van der Waals surface area contributed by atoms with Crippen LogP contribution >= 0.6 is 0 Å². The third kappa shape index (κ3) is 3.95. The Bertz CT molecular complexity index is 488. The molecule has 116 valence electrons. The van der Waals surface area contributed by atoms with Crippen LogP contribution in [0, 0.1) is 0 Å². The third-order valence-electron chi connectivity index (χ3n) is 3.35. The van der Waals surface area contributed by atoms with Crippen LogP contribution in [0.5, 0.6) is 0 Å². The Morgan fingerprint density at radius 2 is 2.00 bits per heavy atom. The van der Waals surface area contributed by atoms with Crippen molar-refractivity contribution in [3.05, 3.63) is 35.4 Å². The number of benzene rings is 1. The summed E-state index contributed by atoms with van der Waals surface area (Å²) >= 11 is 0. The predicted octanol–water partition coefficient (Wildman–Crippen LogP) is 1.59. The molecule has 1 aromatic carbocycles. The summed E-state index contributed by atoms with van der Waals surface area (Å²) < 4.78 is 42.6. The molecule has 1 amide bonds. The van der Waals surface area contributed by atoms with Gasteiger partial charge in [0, 0.05) is 12.1 Å². The highest BCUT2D eigenvalue weighted by Gasteiger charge is 2.44. The van der Waals surface area contributed by atoms with Crippen LogP contribution in [-0.4, -0.2) is 49.3 Å². The number of nitrogens with two attached hydrogens (primary N) is 1. The van der Waals surface area contributed by atoms with Gasteiger partial charge in [-0.15, -0.1) is 0 Å². The van der Waals surface area contributed by atoms with Crippen LogP contribution in [0.1, 0.15) is 15.9 Å². The second-order valence-electron chi connectivity index (χ2n) is 4.89. The number of hydrogen-bond acceptors (Lipinski definition) is 3. The highest BCUT2D eigenvalue weighted by atomic mass is 19.4. The molecule has 1 heterocycles. The van der Waals surface area contributed by atoms with Gasteiger partial charge in [0.2, 0.25) is 0 Å². The quantitative estimate of drug-likeness (QED) is 0.922. The van der Waals surface area contributed by atoms with E-state index in [1.54, 1.807) is 24.3 Å². The Morgan fingerprint density at radius 3 is 2.57 bits per heavy atom. The highest BCUT2D eigenvalue weighted by Crippen LogP contribution is 2.26. The first-order valence-corrected chi connectivity index (χ1v) is 6.68. The van der Waals surface area contributed by atoms with E-state index in [0.29, 0.717) is 18.5 Å². The summed E-state index contributed by atoms with van der Waals surface area (Å²) in [6.07, 6.45) is -5.67. The fraction of sp³-hybridized carbons (Fsp3) is 0.500. The molecule has 1 aliphatic rings. The number of halogens is 3. The summed E-state index contributed by atoms with van der Waals surface area (Å²) in [5.74, 6) is -0.410. The van der Waals surface area contributed by atoms with E-state index in [0.717, 1.165) is 5.56 Å². The van der Waals surface area contributed by atoms with Crippen LogP contribution in [0.25, 0.3) is 0 Å². The van der Waals surface area contributed by atoms with Crippen LogP contribution in [0.4, 0.5) is 13.2 Å². The van der Waals surface area contributed by atoms with Gasteiger partial charge in [-0.3, -0.25) is 4.79 Å². The number of rotatable bonds is 3. The van der Waals surface area contributed by atoms with Crippen molar-refractivity contribution >= 4 is 5.91 Å². The lowest BCUT2D eigenvalue weighted by atomic mass is 10.1. The smallest absolute Gasteiger partial charge is 0.365 e. The molecule has 7 heteroatoms. The third-order valence-corrected chi connectivity index (χ3v) is 3.35. The van der Waals surface area contributed by atoms with Crippen LogP contribution < -0.4 is 5.73 Å². The summed E-state index contributed by atoms with van der Waals surface area (Å²) in [6.45, 7) is 0.0913. The normalized spacial score (nSPS) is 19.6. The van der Waals surface area contributed by atoms with Gasteiger partial charge in [-0.05, 0) is 30.7 Å². The standard InChI is InChI=1S/C14H17F3N2O2/c15-14(16,17)12-9-19(7-8-21-12)13(20)11-3-1-10(2-4-11)5-6-18/h1-4,12H,5-9,18H2/t12-/m0/s1. The van der Waals surface area contributed by atoms with Crippen molar-refractivity contribution in [3.8, 4) is 0 Å². The first-order valence-electron chi connectivity index (χ1n) is 6.68. The molecule has 0 radical (unpaired) electrons. The zero-order valence-electron chi connectivity index (χ0n) is 11.4. The van der Waals surface area contributed by atoms with Gasteiger partial charge in [-0.2, -0.15) is 13.2 Å². The van der Waals surface area contributed by atoms with Gasteiger partial charge >= 0.3 is 6.18 Å². The van der Waals surface area contributed by atoms with E-state index in [4.69, 9.17) is 5.73 Å². The first kappa shape index (κ1) is 15.8. The summed E-state index contributed by atoms with van der Waals surface area (Å²) in [5.41, 5.74) is 6.80. The molecule has 2 rings (SSSR count). The lowest BCUT2D eigenvalue weighted by Crippen LogP contribution is -2.51. The maximum absolute atomic E-state index is 12.6. The second kappa shape index (κ2) is 6.44. The van der Waals surface area contributed by atoms with Gasteiger partial charge in [0.25, 0.3) is 5.91 Å². The molecular formula is C14H17F3N2O2. The molecule has 0 aliphatic carbocycles. The first-order chi connectivity index (χ1) is 9.91. The number of morpholine rings is 1. The number of ether oxygens (including phenoxy) is 1. The van der Waals surface area contributed by atoms with Gasteiger partial charge in [-0.1, -0.05) is 12.1 Å². The van der Waals surface area contributed by atoms with Crippen LogP contribution in [-0.2, 0) is 11.2 Å². The zero-order valence-corrected chi connectivity index (χ0v) is 11.4. The molecular weight excluding hydrogens is 285 g/mol. The minimum Gasteiger partial charge on any atom is -0.365 e. The Hall–Kier alpha value is -1.60. The fourth-order valence-electron chi connectivity index (χ4n) is 2.20. The van der Waals surface area contributed by atoms with E-state index < -0.39 is 24.7 Å². The van der Waals surface area contributed by atoms with E-state index in [2.05, 4.69) is 4.74 Å². The summed E-state index contributed by atoms with van der Waals surface area (Å²) in [7, 11) is 0. The van der Waals surface area contributed by atoms with Gasteiger partial charge in [0.15, 0.2) is 6.10 Å². The number of carbonyl (C=O) groups is 1. The SMILES string of the molecule is NCCc1ccc(C(=O)N2CCO[C@H](C(F)(F)F)C2)cc1. The fourth-order valence-corrected chi connectivity index (χ4v) is 2.20. The van der Waals surface area contributed by atoms with Crippen molar-refractivity contribution in [2.75, 3.05) is 26.2 Å². The number of nitrogens with zero attached hydrogens (tertiary/aromatic N) is 1. The van der Waals surface area contributed by atoms with E-state index >= 15 is 0 Å². The number of hydrogen-bond donors (Lipinski definition) is 1. The van der Waals surface area contributed by atoms with Gasteiger partial charge in [0.05, 0.1) is 13.2 Å². The van der Waals surface area contributed by atoms with Crippen LogP contribution in [0.2, 0.25) is 0 Å². The molecule has 1 atom stereocenters. The van der Waals surface area contributed by atoms with Gasteiger partial charge < -0.3 is 15.4 Å². The van der Waals surface area contributed by atoms with E-state index in [1.165, 1.54) is 4.90 Å². The summed E-state index contributed by atoms with van der Waals surface area (Å²) in [6, 6.07) is 6.76. The number of carbonyl (C=O) groups excluding carboxylic acids is 1. The maximum atomic E-state index is 12.6. The monoisotopic (exact) mass is 302 g/mol. The molecule has 4 nitrogen and oxygen atoms in total. The second-order valence-corrected chi connectivity index (χ2v) is 4.89. The topological polar surface area (TPSA) is 55.6 Å². The minimum absolute atomic E-state index is 0.110. The van der Waals surface area contributed by atoms with Gasteiger partial charge in [-0.25, -0.2) is 0 Å². The molecule has 0 unspecified atom stereocenters. The summed E-state index contributed by atoms with van der Waals surface area (Å²) in [5, 5.41) is 0. The molecule has 1 fully saturated rings. The molecule has 0 saturated carbocycles. The largest absolute Gasteiger partial charge is 0.416 e. The van der Waals surface area contributed by atoms with Crippen molar-refractivity contribution in [3.63, 3.8) is 0 Å². The average Bonchev–Trinajstić information content (AvgIpc) is 2.47. The van der Waals surface area contributed by atoms with Crippen molar-refractivity contribution in [2.24, 2.45) is 5.73 Å². The van der Waals surface area contributed by atoms with Crippen LogP contribution in [0.15, 0.2) is 24.3 Å². The minimum atomic E-state index is -4.45. The molecule has 1 aliphatic heterocycles. The Morgan fingerprint density at radius 1 is 1.33 bits per heavy atom. The predicted molar refractivity (Wildman–Crippen MR) is 70.9 cm³/mol. The van der Waals surface area contributed by atoms with E-state index in [-0.39, 0.29) is 13.2 Å². The molecule has 1 saturated heterocycles. The van der Waals surface area contributed by atoms with E-state index in [1.807, 2.05) is 0 Å². The van der Waals surface area contributed by atoms with Crippen molar-refractivity contribution in [1.82, 2.24) is 4.90 Å². The average molecular weight is 302 g/mol. The van der Waals surface area contributed by atoms with Gasteiger partial charge in [0.1, 0.15) is 0 Å². The van der Waals surface area contributed by atoms with Crippen molar-refractivity contribution < 1.29 is 22.7 Å². The molecule has 21 heavy (non-hydrogen) atoms. The molecule has 0 bridgehead atoms. The maximum Gasteiger partial charge on any atom is 0.416 e. The van der Waals surface area contributed by atoms with Crippen molar-refractivity contribution in [1.29, 1.82) is 0 Å². The lowest BCUT2D eigenvalue weighted by molar-refractivity contribution is -0.233. The van der Waals surface area contributed by atoms with E-state index in [9.17, 15) is 18.0 Å². The van der Waals surface area contributed by atoms with Crippen LogP contribution in [0.3, 0.4) is 0 Å². The molecule has 2 N–H and O–H groups in total. The zero-order chi connectivity index (χ0) is 15.5.